The van der Waals surface area contributed by atoms with Crippen LogP contribution in [-0.4, -0.2) is 44.3 Å². The monoisotopic (exact) mass is 420 g/mol. The summed E-state index contributed by atoms with van der Waals surface area (Å²) in [5.41, 5.74) is 1.38. The van der Waals surface area contributed by atoms with Gasteiger partial charge in [-0.15, -0.1) is 0 Å². The fourth-order valence-electron chi connectivity index (χ4n) is 4.48. The molecule has 1 aliphatic carbocycles. The van der Waals surface area contributed by atoms with Gasteiger partial charge in [-0.05, 0) is 62.3 Å². The quantitative estimate of drug-likeness (QED) is 0.708. The maximum Gasteiger partial charge on any atom is 0.242 e. The van der Waals surface area contributed by atoms with E-state index in [-0.39, 0.29) is 29.2 Å². The van der Waals surface area contributed by atoms with Gasteiger partial charge in [0.15, 0.2) is 9.84 Å². The van der Waals surface area contributed by atoms with Crippen molar-refractivity contribution in [3.05, 3.63) is 35.9 Å². The minimum atomic E-state index is -2.94. The zero-order valence-electron chi connectivity index (χ0n) is 17.1. The number of hydrogen-bond donors (Lipinski definition) is 2. The van der Waals surface area contributed by atoms with Crippen molar-refractivity contribution in [2.24, 2.45) is 11.8 Å². The topological polar surface area (TPSA) is 92.3 Å². The Morgan fingerprint density at radius 3 is 2.34 bits per heavy atom. The van der Waals surface area contributed by atoms with Crippen LogP contribution in [0.2, 0.25) is 0 Å². The Morgan fingerprint density at radius 1 is 1.03 bits per heavy atom. The largest absolute Gasteiger partial charge is 0.354 e. The third-order valence-corrected chi connectivity index (χ3v) is 8.09. The molecule has 1 aromatic carbocycles. The van der Waals surface area contributed by atoms with E-state index in [2.05, 4.69) is 34.9 Å². The molecule has 160 valence electrons. The van der Waals surface area contributed by atoms with Crippen LogP contribution in [0, 0.1) is 11.8 Å². The van der Waals surface area contributed by atoms with Gasteiger partial charge in [0, 0.05) is 13.0 Å². The SMILES string of the molecule is CC(NC(=O)CC1CCC(c2ccccc2)CC1)C(=O)NCC1CCS(=O)(=O)C1. The molecule has 29 heavy (non-hydrogen) atoms. The van der Waals surface area contributed by atoms with E-state index in [0.29, 0.717) is 31.2 Å². The van der Waals surface area contributed by atoms with E-state index >= 15 is 0 Å². The van der Waals surface area contributed by atoms with E-state index in [1.54, 1.807) is 6.92 Å². The van der Waals surface area contributed by atoms with Crippen LogP contribution in [0.25, 0.3) is 0 Å². The Morgan fingerprint density at radius 2 is 1.72 bits per heavy atom. The highest BCUT2D eigenvalue weighted by Crippen LogP contribution is 2.36. The van der Waals surface area contributed by atoms with Gasteiger partial charge in [-0.1, -0.05) is 30.3 Å². The average molecular weight is 421 g/mol. The number of sulfone groups is 1. The first kappa shape index (κ1) is 21.8. The van der Waals surface area contributed by atoms with Gasteiger partial charge in [-0.25, -0.2) is 8.42 Å². The molecule has 2 unspecified atom stereocenters. The standard InChI is InChI=1S/C22H32N2O4S/c1-16(22(26)23-14-18-11-12-29(27,28)15-18)24-21(25)13-17-7-9-20(10-8-17)19-5-3-2-4-6-19/h2-6,16-18,20H,7-15H2,1H3,(H,23,26)(H,24,25). The van der Waals surface area contributed by atoms with Crippen LogP contribution in [0.15, 0.2) is 30.3 Å². The highest BCUT2D eigenvalue weighted by molar-refractivity contribution is 7.91. The average Bonchev–Trinajstić information content (AvgIpc) is 3.06. The number of rotatable bonds is 7. The summed E-state index contributed by atoms with van der Waals surface area (Å²) in [4.78, 5) is 24.6. The van der Waals surface area contributed by atoms with Gasteiger partial charge in [0.1, 0.15) is 6.04 Å². The van der Waals surface area contributed by atoms with E-state index in [0.717, 1.165) is 25.7 Å². The highest BCUT2D eigenvalue weighted by Gasteiger charge is 2.29. The normalized spacial score (nSPS) is 27.1. The maximum absolute atomic E-state index is 12.4. The third kappa shape index (κ3) is 6.56. The minimum absolute atomic E-state index is 0.0216. The first-order chi connectivity index (χ1) is 13.8. The number of benzene rings is 1. The van der Waals surface area contributed by atoms with Crippen molar-refractivity contribution in [3.63, 3.8) is 0 Å². The molecular formula is C22H32N2O4S. The van der Waals surface area contributed by atoms with Gasteiger partial charge in [0.05, 0.1) is 11.5 Å². The minimum Gasteiger partial charge on any atom is -0.354 e. The number of carbonyl (C=O) groups excluding carboxylic acids is 2. The van der Waals surface area contributed by atoms with E-state index in [4.69, 9.17) is 0 Å². The molecule has 1 heterocycles. The zero-order chi connectivity index (χ0) is 20.9. The van der Waals surface area contributed by atoms with E-state index in [1.807, 2.05) is 6.07 Å². The summed E-state index contributed by atoms with van der Waals surface area (Å²) >= 11 is 0. The lowest BCUT2D eigenvalue weighted by Crippen LogP contribution is -2.46. The summed E-state index contributed by atoms with van der Waals surface area (Å²) in [6.07, 6.45) is 5.31. The fraction of sp³-hybridized carbons (Fsp3) is 0.636. The first-order valence-corrected chi connectivity index (χ1v) is 12.5. The predicted octanol–water partition coefficient (Wildman–Crippen LogP) is 2.41. The lowest BCUT2D eigenvalue weighted by molar-refractivity contribution is -0.129. The van der Waals surface area contributed by atoms with Crippen molar-refractivity contribution in [1.29, 1.82) is 0 Å². The number of nitrogens with one attached hydrogen (secondary N) is 2. The number of amides is 2. The van der Waals surface area contributed by atoms with E-state index < -0.39 is 15.9 Å². The molecule has 1 aliphatic heterocycles. The highest BCUT2D eigenvalue weighted by atomic mass is 32.2. The molecule has 0 aromatic heterocycles. The summed E-state index contributed by atoms with van der Waals surface area (Å²) in [5, 5.41) is 5.57. The first-order valence-electron chi connectivity index (χ1n) is 10.6. The lowest BCUT2D eigenvalue weighted by Gasteiger charge is -2.28. The Labute approximate surface area is 173 Å². The smallest absolute Gasteiger partial charge is 0.242 e. The van der Waals surface area contributed by atoms with Gasteiger partial charge in [-0.3, -0.25) is 9.59 Å². The van der Waals surface area contributed by atoms with Crippen molar-refractivity contribution in [2.45, 2.75) is 57.4 Å². The van der Waals surface area contributed by atoms with Gasteiger partial charge in [0.25, 0.3) is 0 Å². The number of hydrogen-bond acceptors (Lipinski definition) is 4. The van der Waals surface area contributed by atoms with Crippen molar-refractivity contribution in [3.8, 4) is 0 Å². The van der Waals surface area contributed by atoms with Crippen LogP contribution in [-0.2, 0) is 19.4 Å². The zero-order valence-corrected chi connectivity index (χ0v) is 17.9. The molecule has 0 bridgehead atoms. The molecule has 6 nitrogen and oxygen atoms in total. The van der Waals surface area contributed by atoms with Crippen LogP contribution in [0.1, 0.15) is 56.9 Å². The van der Waals surface area contributed by atoms with Crippen molar-refractivity contribution in [1.82, 2.24) is 10.6 Å². The molecule has 1 saturated carbocycles. The second kappa shape index (κ2) is 9.74. The summed E-state index contributed by atoms with van der Waals surface area (Å²) in [7, 11) is -2.94. The molecule has 2 fully saturated rings. The fourth-order valence-corrected chi connectivity index (χ4v) is 6.35. The third-order valence-electron chi connectivity index (χ3n) is 6.25. The molecule has 3 rings (SSSR count). The summed E-state index contributed by atoms with van der Waals surface area (Å²) in [6, 6.07) is 9.94. The summed E-state index contributed by atoms with van der Waals surface area (Å²) < 4.78 is 23.0. The van der Waals surface area contributed by atoms with E-state index in [9.17, 15) is 18.0 Å². The Hall–Kier alpha value is -1.89. The summed E-state index contributed by atoms with van der Waals surface area (Å²) in [5.74, 6) is 0.932. The molecule has 2 amide bonds. The van der Waals surface area contributed by atoms with Crippen LogP contribution < -0.4 is 10.6 Å². The maximum atomic E-state index is 12.4. The lowest BCUT2D eigenvalue weighted by atomic mass is 9.77. The molecule has 1 saturated heterocycles. The Kier molecular flexibility index (Phi) is 7.33. The van der Waals surface area contributed by atoms with Crippen LogP contribution >= 0.6 is 0 Å². The van der Waals surface area contributed by atoms with Gasteiger partial charge < -0.3 is 10.6 Å². The molecule has 2 N–H and O–H groups in total. The molecule has 1 aromatic rings. The van der Waals surface area contributed by atoms with Crippen LogP contribution in [0.3, 0.4) is 0 Å². The van der Waals surface area contributed by atoms with Gasteiger partial charge in [0.2, 0.25) is 11.8 Å². The predicted molar refractivity (Wildman–Crippen MR) is 113 cm³/mol. The van der Waals surface area contributed by atoms with Gasteiger partial charge in [-0.2, -0.15) is 0 Å². The van der Waals surface area contributed by atoms with Crippen LogP contribution in [0.4, 0.5) is 0 Å². The second-order valence-corrected chi connectivity index (χ2v) is 10.9. The molecule has 0 radical (unpaired) electrons. The summed E-state index contributed by atoms with van der Waals surface area (Å²) in [6.45, 7) is 2.02. The molecule has 2 atom stereocenters. The second-order valence-electron chi connectivity index (χ2n) is 8.64. The molecule has 0 spiro atoms. The Bertz CT molecular complexity index is 801. The molecule has 2 aliphatic rings. The Balaban J connectivity index is 1.35. The van der Waals surface area contributed by atoms with Crippen LogP contribution in [0.5, 0.6) is 0 Å². The van der Waals surface area contributed by atoms with Crippen molar-refractivity contribution >= 4 is 21.7 Å². The molecule has 7 heteroatoms. The van der Waals surface area contributed by atoms with Gasteiger partial charge >= 0.3 is 0 Å². The number of carbonyl (C=O) groups is 2. The van der Waals surface area contributed by atoms with Crippen molar-refractivity contribution in [2.75, 3.05) is 18.1 Å². The molecular weight excluding hydrogens is 388 g/mol. The van der Waals surface area contributed by atoms with E-state index in [1.165, 1.54) is 5.56 Å². The van der Waals surface area contributed by atoms with Crippen molar-refractivity contribution < 1.29 is 18.0 Å².